The molecule has 0 saturated carbocycles. The molecule has 5 rings (SSSR count). The van der Waals surface area contributed by atoms with Crippen LogP contribution in [0.25, 0.3) is 16.7 Å². The minimum atomic E-state index is -2.89. The van der Waals surface area contributed by atoms with E-state index in [1.165, 1.54) is 34.1 Å². The highest BCUT2D eigenvalue weighted by atomic mass is 19.3. The van der Waals surface area contributed by atoms with E-state index >= 15 is 0 Å². The second-order valence-corrected chi connectivity index (χ2v) is 7.70. The van der Waals surface area contributed by atoms with Crippen molar-refractivity contribution >= 4 is 28.4 Å². The third-order valence-electron chi connectivity index (χ3n) is 5.13. The second kappa shape index (κ2) is 6.53. The third-order valence-corrected chi connectivity index (χ3v) is 5.13. The van der Waals surface area contributed by atoms with E-state index in [2.05, 4.69) is 15.4 Å². The maximum absolute atomic E-state index is 14.4. The van der Waals surface area contributed by atoms with E-state index in [-0.39, 0.29) is 17.0 Å². The number of nitrogens with one attached hydrogen (secondary N) is 1. The summed E-state index contributed by atoms with van der Waals surface area (Å²) >= 11 is 0. The number of urea groups is 1. The fourth-order valence-corrected chi connectivity index (χ4v) is 3.52. The summed E-state index contributed by atoms with van der Waals surface area (Å²) in [6.07, 6.45) is 2.91. The SMILES string of the molecule is O=C(Nc1ccc(F)c(-n2cc3cc(N4CC(F)(F)C4)cnc3n2)c1)N1CC(F)(F)C1. The predicted octanol–water partition coefficient (Wildman–Crippen LogP) is 3.50. The number of carbonyl (C=O) groups excluding carboxylic acids is 1. The molecule has 31 heavy (non-hydrogen) atoms. The van der Waals surface area contributed by atoms with Crippen LogP contribution in [0.5, 0.6) is 0 Å². The number of benzene rings is 1. The van der Waals surface area contributed by atoms with Crippen molar-refractivity contribution in [2.75, 3.05) is 36.4 Å². The molecule has 0 unspecified atom stereocenters. The lowest BCUT2D eigenvalue weighted by molar-refractivity contribution is -0.107. The van der Waals surface area contributed by atoms with Crippen LogP contribution in [0.1, 0.15) is 0 Å². The zero-order valence-electron chi connectivity index (χ0n) is 15.8. The highest BCUT2D eigenvalue weighted by molar-refractivity contribution is 5.90. The molecule has 12 heteroatoms. The molecule has 0 atom stereocenters. The second-order valence-electron chi connectivity index (χ2n) is 7.70. The van der Waals surface area contributed by atoms with Gasteiger partial charge in [-0.15, -0.1) is 5.10 Å². The summed E-state index contributed by atoms with van der Waals surface area (Å²) < 4.78 is 67.7. The Labute approximate surface area is 172 Å². The summed E-state index contributed by atoms with van der Waals surface area (Å²) in [5.74, 6) is -6.25. The van der Waals surface area contributed by atoms with Crippen molar-refractivity contribution in [2.24, 2.45) is 0 Å². The predicted molar refractivity (Wildman–Crippen MR) is 102 cm³/mol. The number of hydrogen-bond acceptors (Lipinski definition) is 4. The van der Waals surface area contributed by atoms with Crippen molar-refractivity contribution in [3.63, 3.8) is 0 Å². The van der Waals surface area contributed by atoms with Crippen LogP contribution in [0.15, 0.2) is 36.7 Å². The number of halogens is 5. The Bertz CT molecular complexity index is 1180. The van der Waals surface area contributed by atoms with Gasteiger partial charge in [0, 0.05) is 17.3 Å². The van der Waals surface area contributed by atoms with Crippen molar-refractivity contribution in [3.8, 4) is 5.69 Å². The van der Waals surface area contributed by atoms with Crippen molar-refractivity contribution in [2.45, 2.75) is 11.8 Å². The summed E-state index contributed by atoms with van der Waals surface area (Å²) in [5.41, 5.74) is 0.993. The highest BCUT2D eigenvalue weighted by Crippen LogP contribution is 2.33. The molecule has 2 aliphatic rings. The minimum Gasteiger partial charge on any atom is -0.358 e. The number of amides is 2. The van der Waals surface area contributed by atoms with E-state index in [0.29, 0.717) is 11.1 Å². The van der Waals surface area contributed by atoms with Crippen LogP contribution in [0.2, 0.25) is 0 Å². The summed E-state index contributed by atoms with van der Waals surface area (Å²) in [6, 6.07) is 4.65. The topological polar surface area (TPSA) is 66.3 Å². The molecule has 2 fully saturated rings. The number of aromatic nitrogens is 3. The van der Waals surface area contributed by atoms with Crippen LogP contribution in [-0.2, 0) is 0 Å². The van der Waals surface area contributed by atoms with Crippen LogP contribution < -0.4 is 10.2 Å². The molecule has 2 saturated heterocycles. The van der Waals surface area contributed by atoms with Crippen molar-refractivity contribution in [1.82, 2.24) is 19.7 Å². The number of nitrogens with zero attached hydrogens (tertiary/aromatic N) is 5. The normalized spacial score (nSPS) is 19.1. The van der Waals surface area contributed by atoms with Crippen LogP contribution in [-0.4, -0.2) is 63.7 Å². The van der Waals surface area contributed by atoms with E-state index in [1.54, 1.807) is 6.07 Å². The molecule has 7 nitrogen and oxygen atoms in total. The van der Waals surface area contributed by atoms with E-state index in [0.717, 1.165) is 11.0 Å². The van der Waals surface area contributed by atoms with E-state index in [4.69, 9.17) is 0 Å². The van der Waals surface area contributed by atoms with Crippen LogP contribution in [0.3, 0.4) is 0 Å². The van der Waals surface area contributed by atoms with Gasteiger partial charge < -0.3 is 15.1 Å². The quantitative estimate of drug-likeness (QED) is 0.636. The van der Waals surface area contributed by atoms with E-state index < -0.39 is 49.9 Å². The molecule has 2 amide bonds. The van der Waals surface area contributed by atoms with Crippen LogP contribution in [0, 0.1) is 5.82 Å². The molecule has 1 N–H and O–H groups in total. The summed E-state index contributed by atoms with van der Waals surface area (Å²) in [7, 11) is 0. The van der Waals surface area contributed by atoms with Gasteiger partial charge in [0.25, 0.3) is 11.8 Å². The van der Waals surface area contributed by atoms with Gasteiger partial charge in [0.05, 0.1) is 38.1 Å². The smallest absolute Gasteiger partial charge is 0.322 e. The Balaban J connectivity index is 1.38. The Hall–Kier alpha value is -3.44. The number of hydrogen-bond donors (Lipinski definition) is 1. The Morgan fingerprint density at radius 3 is 2.42 bits per heavy atom. The van der Waals surface area contributed by atoms with Gasteiger partial charge in [0.15, 0.2) is 5.65 Å². The molecule has 2 aromatic heterocycles. The van der Waals surface area contributed by atoms with Gasteiger partial charge in [0.2, 0.25) is 0 Å². The lowest BCUT2D eigenvalue weighted by atomic mass is 10.1. The first-order valence-electron chi connectivity index (χ1n) is 9.31. The van der Waals surface area contributed by atoms with Crippen molar-refractivity contribution in [1.29, 1.82) is 0 Å². The fourth-order valence-electron chi connectivity index (χ4n) is 3.52. The first kappa shape index (κ1) is 19.5. The number of anilines is 2. The molecule has 0 radical (unpaired) electrons. The number of fused-ring (bicyclic) bond motifs is 1. The molecule has 3 aromatic rings. The molecule has 0 aliphatic carbocycles. The zero-order chi connectivity index (χ0) is 22.0. The Morgan fingerprint density at radius 2 is 1.74 bits per heavy atom. The highest BCUT2D eigenvalue weighted by Gasteiger charge is 2.46. The average molecular weight is 438 g/mol. The molecule has 162 valence electrons. The molecular weight excluding hydrogens is 423 g/mol. The largest absolute Gasteiger partial charge is 0.358 e. The van der Waals surface area contributed by atoms with Gasteiger partial charge in [-0.3, -0.25) is 0 Å². The first-order chi connectivity index (χ1) is 14.6. The van der Waals surface area contributed by atoms with Crippen LogP contribution >= 0.6 is 0 Å². The molecular formula is C19H15F5N6O. The summed E-state index contributed by atoms with van der Waals surface area (Å²) in [5, 5.41) is 7.17. The molecule has 0 bridgehead atoms. The lowest BCUT2D eigenvalue weighted by Gasteiger charge is -2.40. The fraction of sp³-hybridized carbons (Fsp3) is 0.316. The van der Waals surface area contributed by atoms with Gasteiger partial charge in [-0.25, -0.2) is 36.4 Å². The minimum absolute atomic E-state index is 0.00164. The van der Waals surface area contributed by atoms with Crippen LogP contribution in [0.4, 0.5) is 38.1 Å². The van der Waals surface area contributed by atoms with Gasteiger partial charge in [-0.1, -0.05) is 0 Å². The van der Waals surface area contributed by atoms with Gasteiger partial charge in [-0.2, -0.15) is 0 Å². The summed E-state index contributed by atoms with van der Waals surface area (Å²) in [4.78, 5) is 18.6. The van der Waals surface area contributed by atoms with E-state index in [9.17, 15) is 26.7 Å². The standard InChI is InChI=1S/C19H15F5N6O/c20-14-2-1-12(26-17(31)29-9-19(23,24)10-29)4-15(14)30-6-11-3-13(5-25-16(11)27-30)28-7-18(21,22)8-28/h1-6H,7-10H2,(H,26,31). The van der Waals surface area contributed by atoms with E-state index in [1.807, 2.05) is 0 Å². The first-order valence-corrected chi connectivity index (χ1v) is 9.31. The molecule has 1 aromatic carbocycles. The maximum Gasteiger partial charge on any atom is 0.322 e. The van der Waals surface area contributed by atoms with Gasteiger partial charge in [0.1, 0.15) is 11.5 Å². The average Bonchev–Trinajstić information content (AvgIpc) is 3.08. The summed E-state index contributed by atoms with van der Waals surface area (Å²) in [6.45, 7) is -2.13. The Morgan fingerprint density at radius 1 is 1.03 bits per heavy atom. The number of carbonyl (C=O) groups is 1. The molecule has 2 aliphatic heterocycles. The third kappa shape index (κ3) is 3.62. The molecule has 4 heterocycles. The number of rotatable bonds is 3. The van der Waals surface area contributed by atoms with Crippen molar-refractivity contribution in [3.05, 3.63) is 42.5 Å². The number of pyridine rings is 1. The van der Waals surface area contributed by atoms with Gasteiger partial charge in [-0.05, 0) is 24.3 Å². The number of alkyl halides is 4. The monoisotopic (exact) mass is 438 g/mol. The lowest BCUT2D eigenvalue weighted by Crippen LogP contribution is -2.59. The molecule has 0 spiro atoms. The maximum atomic E-state index is 14.4. The Kier molecular flexibility index (Phi) is 4.11. The number of likely N-dealkylation sites (tertiary alicyclic amines) is 1. The zero-order valence-corrected chi connectivity index (χ0v) is 15.8. The van der Waals surface area contributed by atoms with Crippen molar-refractivity contribution < 1.29 is 26.7 Å². The van der Waals surface area contributed by atoms with Gasteiger partial charge >= 0.3 is 6.03 Å².